The number of benzene rings is 2. The molecule has 110 valence electrons. The molecule has 0 aromatic heterocycles. The average Bonchev–Trinajstić information content (AvgIpc) is 2.54. The quantitative estimate of drug-likeness (QED) is 0.827. The molecule has 0 bridgehead atoms. The molecule has 1 amide bonds. The van der Waals surface area contributed by atoms with Gasteiger partial charge in [-0.05, 0) is 36.8 Å². The maximum atomic E-state index is 12.0. The van der Waals surface area contributed by atoms with Crippen LogP contribution in [0.3, 0.4) is 0 Å². The molecule has 3 nitrogen and oxygen atoms in total. The number of carbonyl (C=O) groups is 1. The molecule has 1 N–H and O–H groups in total. The second kappa shape index (κ2) is 7.74. The van der Waals surface area contributed by atoms with E-state index in [1.165, 1.54) is 11.8 Å². The van der Waals surface area contributed by atoms with Crippen molar-refractivity contribution in [1.29, 1.82) is 0 Å². The zero-order valence-corrected chi connectivity index (χ0v) is 13.0. The highest BCUT2D eigenvalue weighted by molar-refractivity contribution is 8.00. The van der Waals surface area contributed by atoms with Crippen molar-refractivity contribution in [3.63, 3.8) is 0 Å². The summed E-state index contributed by atoms with van der Waals surface area (Å²) in [5.41, 5.74) is 1.06. The summed E-state index contributed by atoms with van der Waals surface area (Å²) in [6.45, 7) is 1.98. The van der Waals surface area contributed by atoms with E-state index in [1.54, 1.807) is 7.11 Å². The fourth-order valence-corrected chi connectivity index (χ4v) is 2.66. The van der Waals surface area contributed by atoms with Gasteiger partial charge in [-0.3, -0.25) is 4.79 Å². The molecule has 2 aromatic carbocycles. The Hall–Kier alpha value is -1.94. The molecule has 4 heteroatoms. The van der Waals surface area contributed by atoms with Crippen molar-refractivity contribution in [3.8, 4) is 5.75 Å². The number of amides is 1. The van der Waals surface area contributed by atoms with Crippen molar-refractivity contribution in [2.45, 2.75) is 17.9 Å². The van der Waals surface area contributed by atoms with Crippen molar-refractivity contribution in [3.05, 3.63) is 60.2 Å². The van der Waals surface area contributed by atoms with Gasteiger partial charge in [-0.1, -0.05) is 30.3 Å². The number of methoxy groups -OCH3 is 1. The van der Waals surface area contributed by atoms with Gasteiger partial charge >= 0.3 is 0 Å². The van der Waals surface area contributed by atoms with Crippen LogP contribution in [0.1, 0.15) is 18.5 Å². The number of nitrogens with one attached hydrogen (secondary N) is 1. The van der Waals surface area contributed by atoms with Crippen LogP contribution in [-0.2, 0) is 4.79 Å². The first-order valence-corrected chi connectivity index (χ1v) is 7.79. The van der Waals surface area contributed by atoms with Gasteiger partial charge in [0.2, 0.25) is 5.91 Å². The lowest BCUT2D eigenvalue weighted by molar-refractivity contribution is -0.119. The predicted molar refractivity (Wildman–Crippen MR) is 86.7 cm³/mol. The number of ether oxygens (including phenoxy) is 1. The molecule has 0 aliphatic rings. The van der Waals surface area contributed by atoms with Gasteiger partial charge in [-0.2, -0.15) is 0 Å². The Morgan fingerprint density at radius 3 is 2.43 bits per heavy atom. The first kappa shape index (κ1) is 15.4. The molecule has 1 atom stereocenters. The van der Waals surface area contributed by atoms with Crippen LogP contribution in [0.15, 0.2) is 59.5 Å². The van der Waals surface area contributed by atoms with E-state index in [-0.39, 0.29) is 11.9 Å². The zero-order chi connectivity index (χ0) is 15.1. The molecule has 0 radical (unpaired) electrons. The fourth-order valence-electron chi connectivity index (χ4n) is 1.92. The van der Waals surface area contributed by atoms with Gasteiger partial charge in [0.05, 0.1) is 18.9 Å². The van der Waals surface area contributed by atoms with Gasteiger partial charge < -0.3 is 10.1 Å². The third-order valence-corrected chi connectivity index (χ3v) is 4.12. The number of hydrogen-bond acceptors (Lipinski definition) is 3. The molecule has 0 spiro atoms. The maximum Gasteiger partial charge on any atom is 0.230 e. The SMILES string of the molecule is COc1ccc(C(C)NC(=O)CSc2ccccc2)cc1. The topological polar surface area (TPSA) is 38.3 Å². The Bertz CT molecular complexity index is 569. The van der Waals surface area contributed by atoms with Crippen molar-refractivity contribution >= 4 is 17.7 Å². The van der Waals surface area contributed by atoms with Gasteiger partial charge in [0.1, 0.15) is 5.75 Å². The van der Waals surface area contributed by atoms with Crippen LogP contribution in [0.2, 0.25) is 0 Å². The summed E-state index contributed by atoms with van der Waals surface area (Å²) in [7, 11) is 1.64. The summed E-state index contributed by atoms with van der Waals surface area (Å²) in [5.74, 6) is 1.27. The minimum atomic E-state index is -0.0141. The summed E-state index contributed by atoms with van der Waals surface area (Å²) in [4.78, 5) is 13.1. The van der Waals surface area contributed by atoms with Crippen LogP contribution in [0.5, 0.6) is 5.75 Å². The van der Waals surface area contributed by atoms with Gasteiger partial charge in [-0.15, -0.1) is 11.8 Å². The van der Waals surface area contributed by atoms with E-state index < -0.39 is 0 Å². The molecule has 0 aliphatic carbocycles. The van der Waals surface area contributed by atoms with Crippen LogP contribution in [0.25, 0.3) is 0 Å². The molecule has 1 unspecified atom stereocenters. The van der Waals surface area contributed by atoms with Crippen molar-refractivity contribution in [2.75, 3.05) is 12.9 Å². The Morgan fingerprint density at radius 1 is 1.14 bits per heavy atom. The number of thioether (sulfide) groups is 1. The van der Waals surface area contributed by atoms with Crippen LogP contribution in [0, 0.1) is 0 Å². The minimum absolute atomic E-state index is 0.0141. The summed E-state index contributed by atoms with van der Waals surface area (Å²) >= 11 is 1.54. The average molecular weight is 301 g/mol. The fraction of sp³-hybridized carbons (Fsp3) is 0.235. The lowest BCUT2D eigenvalue weighted by Gasteiger charge is -2.14. The second-order valence-electron chi connectivity index (χ2n) is 4.66. The van der Waals surface area contributed by atoms with Gasteiger partial charge in [0.25, 0.3) is 0 Å². The first-order chi connectivity index (χ1) is 10.2. The molecule has 2 rings (SSSR count). The molecular weight excluding hydrogens is 282 g/mol. The van der Waals surface area contributed by atoms with E-state index in [0.29, 0.717) is 5.75 Å². The monoisotopic (exact) mass is 301 g/mol. The smallest absolute Gasteiger partial charge is 0.230 e. The summed E-state index contributed by atoms with van der Waals surface area (Å²) in [6, 6.07) is 17.6. The van der Waals surface area contributed by atoms with Crippen LogP contribution < -0.4 is 10.1 Å². The van der Waals surface area contributed by atoms with Gasteiger partial charge in [0.15, 0.2) is 0 Å². The summed E-state index contributed by atoms with van der Waals surface area (Å²) < 4.78 is 5.13. The van der Waals surface area contributed by atoms with Crippen LogP contribution in [-0.4, -0.2) is 18.8 Å². The first-order valence-electron chi connectivity index (χ1n) is 6.80. The van der Waals surface area contributed by atoms with E-state index in [0.717, 1.165) is 16.2 Å². The molecule has 2 aromatic rings. The second-order valence-corrected chi connectivity index (χ2v) is 5.71. The lowest BCUT2D eigenvalue weighted by Crippen LogP contribution is -2.28. The molecule has 0 saturated carbocycles. The highest BCUT2D eigenvalue weighted by atomic mass is 32.2. The molecule has 0 aliphatic heterocycles. The molecule has 0 fully saturated rings. The van der Waals surface area contributed by atoms with E-state index in [2.05, 4.69) is 5.32 Å². The Labute approximate surface area is 129 Å². The van der Waals surface area contributed by atoms with Crippen molar-refractivity contribution in [2.24, 2.45) is 0 Å². The van der Waals surface area contributed by atoms with Gasteiger partial charge in [-0.25, -0.2) is 0 Å². The number of rotatable bonds is 6. The van der Waals surface area contributed by atoms with E-state index >= 15 is 0 Å². The maximum absolute atomic E-state index is 12.0. The Balaban J connectivity index is 1.83. The zero-order valence-electron chi connectivity index (χ0n) is 12.2. The Morgan fingerprint density at radius 2 is 1.81 bits per heavy atom. The van der Waals surface area contributed by atoms with Gasteiger partial charge in [0, 0.05) is 4.90 Å². The normalized spacial score (nSPS) is 11.7. The highest BCUT2D eigenvalue weighted by Gasteiger charge is 2.10. The molecule has 0 saturated heterocycles. The Kier molecular flexibility index (Phi) is 5.69. The molecule has 21 heavy (non-hydrogen) atoms. The number of carbonyl (C=O) groups excluding carboxylic acids is 1. The predicted octanol–water partition coefficient (Wildman–Crippen LogP) is 3.66. The molecule has 0 heterocycles. The van der Waals surface area contributed by atoms with Crippen LogP contribution >= 0.6 is 11.8 Å². The van der Waals surface area contributed by atoms with E-state index in [9.17, 15) is 4.79 Å². The summed E-state index contributed by atoms with van der Waals surface area (Å²) in [5, 5.41) is 3.00. The van der Waals surface area contributed by atoms with Crippen molar-refractivity contribution < 1.29 is 9.53 Å². The highest BCUT2D eigenvalue weighted by Crippen LogP contribution is 2.19. The van der Waals surface area contributed by atoms with E-state index in [4.69, 9.17) is 4.74 Å². The third kappa shape index (κ3) is 4.83. The lowest BCUT2D eigenvalue weighted by atomic mass is 10.1. The largest absolute Gasteiger partial charge is 0.497 e. The van der Waals surface area contributed by atoms with E-state index in [1.807, 2.05) is 61.5 Å². The minimum Gasteiger partial charge on any atom is -0.497 e. The standard InChI is InChI=1S/C17H19NO2S/c1-13(14-8-10-15(20-2)11-9-14)18-17(19)12-21-16-6-4-3-5-7-16/h3-11,13H,12H2,1-2H3,(H,18,19). The van der Waals surface area contributed by atoms with Crippen LogP contribution in [0.4, 0.5) is 0 Å². The number of hydrogen-bond donors (Lipinski definition) is 1. The summed E-state index contributed by atoms with van der Waals surface area (Å²) in [6.07, 6.45) is 0. The third-order valence-electron chi connectivity index (χ3n) is 3.11. The van der Waals surface area contributed by atoms with Crippen molar-refractivity contribution in [1.82, 2.24) is 5.32 Å². The molecular formula is C17H19NO2S.